The van der Waals surface area contributed by atoms with Crippen molar-refractivity contribution in [1.29, 1.82) is 0 Å². The Balaban J connectivity index is 2.93. The maximum atomic E-state index is 12.9. The van der Waals surface area contributed by atoms with Gasteiger partial charge in [-0.3, -0.25) is 0 Å². The molecule has 0 heterocycles. The molecule has 0 radical (unpaired) electrons. The lowest BCUT2D eigenvalue weighted by molar-refractivity contribution is 0.189. The van der Waals surface area contributed by atoms with E-state index in [9.17, 15) is 13.2 Å². The van der Waals surface area contributed by atoms with Crippen molar-refractivity contribution in [3.63, 3.8) is 0 Å². The molecule has 8 heteroatoms. The molecular weight excluding hydrogens is 332 g/mol. The number of rotatable bonds is 9. The van der Waals surface area contributed by atoms with E-state index in [-0.39, 0.29) is 23.4 Å². The molecule has 0 saturated heterocycles. The second-order valence-corrected chi connectivity index (χ2v) is 8.01. The molecule has 24 heavy (non-hydrogen) atoms. The van der Waals surface area contributed by atoms with Gasteiger partial charge >= 0.3 is 6.09 Å². The van der Waals surface area contributed by atoms with E-state index in [0.717, 1.165) is 0 Å². The number of sulfonamides is 1. The van der Waals surface area contributed by atoms with Gasteiger partial charge in [-0.1, -0.05) is 13.8 Å². The monoisotopic (exact) mass is 358 g/mol. The van der Waals surface area contributed by atoms with Crippen molar-refractivity contribution in [3.8, 4) is 5.75 Å². The highest BCUT2D eigenvalue weighted by Crippen LogP contribution is 2.21. The molecule has 2 N–H and O–H groups in total. The Morgan fingerprint density at radius 3 is 2.29 bits per heavy atom. The van der Waals surface area contributed by atoms with Crippen LogP contribution in [0.5, 0.6) is 5.75 Å². The van der Waals surface area contributed by atoms with Crippen molar-refractivity contribution < 1.29 is 23.1 Å². The molecule has 0 fully saturated rings. The zero-order chi connectivity index (χ0) is 18.3. The molecule has 7 nitrogen and oxygen atoms in total. The average Bonchev–Trinajstić information content (AvgIpc) is 2.50. The molecule has 0 aliphatic heterocycles. The highest BCUT2D eigenvalue weighted by atomic mass is 32.2. The van der Waals surface area contributed by atoms with Crippen LogP contribution >= 0.6 is 0 Å². The van der Waals surface area contributed by atoms with Gasteiger partial charge in [0.15, 0.2) is 0 Å². The number of ether oxygens (including phenoxy) is 1. The van der Waals surface area contributed by atoms with E-state index in [1.165, 1.54) is 23.5 Å². The summed E-state index contributed by atoms with van der Waals surface area (Å²) in [6.45, 7) is 6.20. The third-order valence-corrected chi connectivity index (χ3v) is 5.33. The highest BCUT2D eigenvalue weighted by molar-refractivity contribution is 7.89. The minimum atomic E-state index is -3.64. The Labute approximate surface area is 143 Å². The van der Waals surface area contributed by atoms with Crippen LogP contribution in [0.15, 0.2) is 29.2 Å². The van der Waals surface area contributed by atoms with Gasteiger partial charge in [0.05, 0.1) is 12.0 Å². The molecule has 1 aromatic rings. The highest BCUT2D eigenvalue weighted by Gasteiger charge is 2.25. The van der Waals surface area contributed by atoms with Gasteiger partial charge < -0.3 is 15.2 Å². The van der Waals surface area contributed by atoms with Gasteiger partial charge in [0, 0.05) is 19.1 Å². The first-order chi connectivity index (χ1) is 11.2. The Morgan fingerprint density at radius 1 is 1.25 bits per heavy atom. The van der Waals surface area contributed by atoms with E-state index in [1.807, 2.05) is 13.8 Å². The van der Waals surface area contributed by atoms with Crippen LogP contribution in [-0.4, -0.2) is 50.2 Å². The summed E-state index contributed by atoms with van der Waals surface area (Å²) in [5, 5.41) is 11.1. The summed E-state index contributed by atoms with van der Waals surface area (Å²) in [6, 6.07) is 5.91. The average molecular weight is 358 g/mol. The number of carboxylic acid groups (broad SMARTS) is 1. The quantitative estimate of drug-likeness (QED) is 0.706. The summed E-state index contributed by atoms with van der Waals surface area (Å²) in [6.07, 6.45) is -0.718. The summed E-state index contributed by atoms with van der Waals surface area (Å²) in [5.41, 5.74) is 0. The fourth-order valence-electron chi connectivity index (χ4n) is 2.23. The number of carbonyl (C=O) groups is 1. The topological polar surface area (TPSA) is 95.9 Å². The van der Waals surface area contributed by atoms with Gasteiger partial charge in [0.25, 0.3) is 0 Å². The van der Waals surface area contributed by atoms with Gasteiger partial charge in [0.2, 0.25) is 10.0 Å². The molecular formula is C16H26N2O5S. The van der Waals surface area contributed by atoms with Crippen LogP contribution in [0.2, 0.25) is 0 Å². The van der Waals surface area contributed by atoms with Crippen molar-refractivity contribution >= 4 is 16.1 Å². The molecule has 0 unspecified atom stereocenters. The van der Waals surface area contributed by atoms with Crippen molar-refractivity contribution in [3.05, 3.63) is 24.3 Å². The number of benzene rings is 1. The van der Waals surface area contributed by atoms with Gasteiger partial charge in [-0.15, -0.1) is 0 Å². The van der Waals surface area contributed by atoms with E-state index < -0.39 is 16.1 Å². The second-order valence-electron chi connectivity index (χ2n) is 6.07. The summed E-state index contributed by atoms with van der Waals surface area (Å²) in [5.74, 6) is 0.740. The fraction of sp³-hybridized carbons (Fsp3) is 0.562. The van der Waals surface area contributed by atoms with E-state index >= 15 is 0 Å². The first-order valence-electron chi connectivity index (χ1n) is 7.80. The number of amides is 1. The van der Waals surface area contributed by atoms with E-state index in [4.69, 9.17) is 9.84 Å². The minimum Gasteiger partial charge on any atom is -0.497 e. The zero-order valence-corrected chi connectivity index (χ0v) is 15.3. The molecule has 0 saturated carbocycles. The molecule has 1 rings (SSSR count). The summed E-state index contributed by atoms with van der Waals surface area (Å²) in [7, 11) is -2.12. The van der Waals surface area contributed by atoms with Gasteiger partial charge in [-0.2, -0.15) is 4.31 Å². The van der Waals surface area contributed by atoms with Crippen LogP contribution in [0.4, 0.5) is 4.79 Å². The SMILES string of the molecule is COc1ccc(S(=O)(=O)N(CC[C@H](C)NC(=O)O)CC(C)C)cc1. The van der Waals surface area contributed by atoms with Crippen molar-refractivity contribution in [2.45, 2.75) is 38.1 Å². The van der Waals surface area contributed by atoms with Crippen LogP contribution in [0.1, 0.15) is 27.2 Å². The smallest absolute Gasteiger partial charge is 0.404 e. The Morgan fingerprint density at radius 2 is 1.83 bits per heavy atom. The molecule has 0 aliphatic carbocycles. The summed E-state index contributed by atoms with van der Waals surface area (Å²) < 4.78 is 32.2. The van der Waals surface area contributed by atoms with Crippen LogP contribution in [0.3, 0.4) is 0 Å². The van der Waals surface area contributed by atoms with E-state index in [2.05, 4.69) is 5.32 Å². The van der Waals surface area contributed by atoms with Crippen molar-refractivity contribution in [2.24, 2.45) is 5.92 Å². The third kappa shape index (κ3) is 6.01. The molecule has 0 aliphatic rings. The lowest BCUT2D eigenvalue weighted by Gasteiger charge is -2.25. The maximum absolute atomic E-state index is 12.9. The molecule has 1 atom stereocenters. The van der Waals surface area contributed by atoms with Gasteiger partial charge in [-0.25, -0.2) is 13.2 Å². The maximum Gasteiger partial charge on any atom is 0.404 e. The predicted octanol–water partition coefficient (Wildman–Crippen LogP) is 2.39. The molecule has 136 valence electrons. The lowest BCUT2D eigenvalue weighted by Crippen LogP contribution is -2.39. The van der Waals surface area contributed by atoms with E-state index in [1.54, 1.807) is 19.1 Å². The zero-order valence-electron chi connectivity index (χ0n) is 14.5. The molecule has 0 spiro atoms. The Bertz CT molecular complexity index is 628. The molecule has 0 aromatic heterocycles. The number of nitrogens with one attached hydrogen (secondary N) is 1. The second kappa shape index (κ2) is 8.89. The van der Waals surface area contributed by atoms with Crippen LogP contribution < -0.4 is 10.1 Å². The standard InChI is InChI=1S/C16H26N2O5S/c1-12(2)11-18(10-9-13(3)17-16(19)20)24(21,22)15-7-5-14(23-4)6-8-15/h5-8,12-13,17H,9-11H2,1-4H3,(H,19,20)/t13-/m0/s1. The Kier molecular flexibility index (Phi) is 7.50. The normalized spacial score (nSPS) is 13.1. The molecule has 1 aromatic carbocycles. The first-order valence-corrected chi connectivity index (χ1v) is 9.24. The van der Waals surface area contributed by atoms with E-state index in [0.29, 0.717) is 18.7 Å². The lowest BCUT2D eigenvalue weighted by atomic mass is 10.2. The third-order valence-electron chi connectivity index (χ3n) is 3.45. The molecule has 0 bridgehead atoms. The number of hydrogen-bond donors (Lipinski definition) is 2. The Hall–Kier alpha value is -1.80. The van der Waals surface area contributed by atoms with Gasteiger partial charge in [0.1, 0.15) is 5.75 Å². The van der Waals surface area contributed by atoms with Crippen LogP contribution in [-0.2, 0) is 10.0 Å². The number of hydrogen-bond acceptors (Lipinski definition) is 4. The van der Waals surface area contributed by atoms with Crippen molar-refractivity contribution in [1.82, 2.24) is 9.62 Å². The predicted molar refractivity (Wildman–Crippen MR) is 91.8 cm³/mol. The van der Waals surface area contributed by atoms with Crippen LogP contribution in [0.25, 0.3) is 0 Å². The van der Waals surface area contributed by atoms with Gasteiger partial charge in [-0.05, 0) is 43.5 Å². The minimum absolute atomic E-state index is 0.153. The number of nitrogens with zero attached hydrogens (tertiary/aromatic N) is 1. The van der Waals surface area contributed by atoms with Crippen LogP contribution in [0, 0.1) is 5.92 Å². The fourth-order valence-corrected chi connectivity index (χ4v) is 3.85. The summed E-state index contributed by atoms with van der Waals surface area (Å²) >= 11 is 0. The molecule has 1 amide bonds. The number of methoxy groups -OCH3 is 1. The van der Waals surface area contributed by atoms with Crippen molar-refractivity contribution in [2.75, 3.05) is 20.2 Å². The summed E-state index contributed by atoms with van der Waals surface area (Å²) in [4.78, 5) is 10.9. The largest absolute Gasteiger partial charge is 0.497 e. The first kappa shape index (κ1) is 20.2.